The molecule has 3 heterocycles. The maximum absolute atomic E-state index is 12.5. The average molecular weight is 457 g/mol. The number of halogens is 3. The van der Waals surface area contributed by atoms with Crippen LogP contribution >= 0.6 is 59.1 Å². The van der Waals surface area contributed by atoms with E-state index in [1.807, 2.05) is 29.5 Å². The van der Waals surface area contributed by atoms with E-state index in [4.69, 9.17) is 11.6 Å². The van der Waals surface area contributed by atoms with Gasteiger partial charge in [0.05, 0.1) is 21.3 Å². The van der Waals surface area contributed by atoms with Gasteiger partial charge in [-0.2, -0.15) is 0 Å². The van der Waals surface area contributed by atoms with Crippen LogP contribution in [0, 0.1) is 5.92 Å². The normalized spacial score (nSPS) is 14.6. The fraction of sp³-hybridized carbons (Fsp3) is 0.529. The summed E-state index contributed by atoms with van der Waals surface area (Å²) >= 11 is 9.07. The van der Waals surface area contributed by atoms with Crippen molar-refractivity contribution >= 4 is 65.0 Å². The summed E-state index contributed by atoms with van der Waals surface area (Å²) in [4.78, 5) is 20.2. The van der Waals surface area contributed by atoms with Crippen molar-refractivity contribution in [2.24, 2.45) is 5.92 Å². The van der Waals surface area contributed by atoms with Gasteiger partial charge in [0.15, 0.2) is 0 Å². The van der Waals surface area contributed by atoms with Crippen molar-refractivity contribution < 1.29 is 4.79 Å². The van der Waals surface area contributed by atoms with Crippen molar-refractivity contribution in [3.63, 3.8) is 0 Å². The molecule has 1 saturated heterocycles. The minimum absolute atomic E-state index is 0. The molecule has 1 N–H and O–H groups in total. The largest absolute Gasteiger partial charge is 0.342 e. The summed E-state index contributed by atoms with van der Waals surface area (Å²) in [6, 6.07) is 3.86. The monoisotopic (exact) mass is 455 g/mol. The lowest BCUT2D eigenvalue weighted by Crippen LogP contribution is -2.39. The molecule has 0 spiro atoms. The SMILES string of the molecule is CNCCC1CCN(C(=O)Cc2csc(-c3ccc(Cl)s3)n2)CC1.Cl.Cl. The van der Waals surface area contributed by atoms with Gasteiger partial charge in [0.2, 0.25) is 5.91 Å². The maximum Gasteiger partial charge on any atom is 0.228 e. The van der Waals surface area contributed by atoms with E-state index in [0.717, 1.165) is 58.3 Å². The second-order valence-corrected chi connectivity index (χ2v) is 8.71. The first-order chi connectivity index (χ1) is 11.7. The van der Waals surface area contributed by atoms with Crippen LogP contribution in [0.15, 0.2) is 17.5 Å². The number of carbonyl (C=O) groups excluding carboxylic acids is 1. The molecule has 1 fully saturated rings. The maximum atomic E-state index is 12.5. The predicted octanol–water partition coefficient (Wildman–Crippen LogP) is 4.76. The highest BCUT2D eigenvalue weighted by Crippen LogP contribution is 2.33. The van der Waals surface area contributed by atoms with E-state index in [-0.39, 0.29) is 30.7 Å². The van der Waals surface area contributed by atoms with Gasteiger partial charge < -0.3 is 10.2 Å². The predicted molar refractivity (Wildman–Crippen MR) is 116 cm³/mol. The van der Waals surface area contributed by atoms with Gasteiger partial charge in [0.25, 0.3) is 0 Å². The fourth-order valence-electron chi connectivity index (χ4n) is 3.02. The molecule has 0 saturated carbocycles. The molecule has 0 radical (unpaired) electrons. The molecule has 9 heteroatoms. The lowest BCUT2D eigenvalue weighted by Gasteiger charge is -2.32. The molecule has 1 aliphatic rings. The molecular weight excluding hydrogens is 433 g/mol. The summed E-state index contributed by atoms with van der Waals surface area (Å²) in [7, 11) is 1.99. The van der Waals surface area contributed by atoms with E-state index >= 15 is 0 Å². The molecule has 4 nitrogen and oxygen atoms in total. The first-order valence-electron chi connectivity index (χ1n) is 8.28. The van der Waals surface area contributed by atoms with E-state index in [1.165, 1.54) is 17.8 Å². The topological polar surface area (TPSA) is 45.2 Å². The third-order valence-electron chi connectivity index (χ3n) is 4.44. The third-order valence-corrected chi connectivity index (χ3v) is 6.73. The highest BCUT2D eigenvalue weighted by atomic mass is 35.5. The Morgan fingerprint density at radius 3 is 2.69 bits per heavy atom. The van der Waals surface area contributed by atoms with Crippen LogP contribution in [0.4, 0.5) is 0 Å². The van der Waals surface area contributed by atoms with Crippen molar-refractivity contribution in [2.45, 2.75) is 25.7 Å². The molecule has 0 unspecified atom stereocenters. The van der Waals surface area contributed by atoms with Crippen LogP contribution in [-0.2, 0) is 11.2 Å². The minimum Gasteiger partial charge on any atom is -0.342 e. The van der Waals surface area contributed by atoms with Gasteiger partial charge in [0, 0.05) is 18.5 Å². The third kappa shape index (κ3) is 6.36. The molecule has 0 bridgehead atoms. The summed E-state index contributed by atoms with van der Waals surface area (Å²) in [5, 5.41) is 6.14. The Labute approximate surface area is 180 Å². The molecule has 0 aliphatic carbocycles. The molecule has 0 aromatic carbocycles. The minimum atomic E-state index is 0. The number of carbonyl (C=O) groups is 1. The van der Waals surface area contributed by atoms with Crippen molar-refractivity contribution in [1.82, 2.24) is 15.2 Å². The zero-order chi connectivity index (χ0) is 16.9. The molecule has 1 aliphatic heterocycles. The van der Waals surface area contributed by atoms with Gasteiger partial charge in [-0.3, -0.25) is 4.79 Å². The van der Waals surface area contributed by atoms with Crippen LogP contribution in [0.2, 0.25) is 4.34 Å². The van der Waals surface area contributed by atoms with Crippen LogP contribution < -0.4 is 5.32 Å². The Bertz CT molecular complexity index is 684. The standard InChI is InChI=1S/C17H22ClN3OS2.2ClH/c1-19-7-4-12-5-8-21(9-6-12)16(22)10-13-11-23-17(20-13)14-2-3-15(18)24-14;;/h2-3,11-12,19H,4-10H2,1H3;2*1H. The highest BCUT2D eigenvalue weighted by Gasteiger charge is 2.23. The van der Waals surface area contributed by atoms with E-state index < -0.39 is 0 Å². The Kier molecular flexibility index (Phi) is 10.4. The van der Waals surface area contributed by atoms with Crippen LogP contribution in [-0.4, -0.2) is 42.5 Å². The van der Waals surface area contributed by atoms with Gasteiger partial charge in [0.1, 0.15) is 5.01 Å². The molecule has 0 atom stereocenters. The summed E-state index contributed by atoms with van der Waals surface area (Å²) in [5.41, 5.74) is 0.863. The number of aromatic nitrogens is 1. The lowest BCUT2D eigenvalue weighted by molar-refractivity contribution is -0.131. The second-order valence-electron chi connectivity index (χ2n) is 6.14. The quantitative estimate of drug-likeness (QED) is 0.681. The van der Waals surface area contributed by atoms with Crippen LogP contribution in [0.5, 0.6) is 0 Å². The van der Waals surface area contributed by atoms with E-state index in [0.29, 0.717) is 6.42 Å². The van der Waals surface area contributed by atoms with E-state index in [9.17, 15) is 4.79 Å². The average Bonchev–Trinajstić information content (AvgIpc) is 3.22. The smallest absolute Gasteiger partial charge is 0.228 e. The zero-order valence-corrected chi connectivity index (χ0v) is 18.6. The van der Waals surface area contributed by atoms with Gasteiger partial charge in [-0.25, -0.2) is 4.98 Å². The number of likely N-dealkylation sites (tertiary alicyclic amines) is 1. The second kappa shape index (κ2) is 11.5. The molecule has 1 amide bonds. The van der Waals surface area contributed by atoms with Crippen molar-refractivity contribution in [1.29, 1.82) is 0 Å². The van der Waals surface area contributed by atoms with E-state index in [1.54, 1.807) is 11.3 Å². The van der Waals surface area contributed by atoms with Crippen molar-refractivity contribution in [3.05, 3.63) is 27.5 Å². The Hall–Kier alpha value is -0.370. The van der Waals surface area contributed by atoms with Gasteiger partial charge in [-0.15, -0.1) is 47.5 Å². The number of hydrogen-bond acceptors (Lipinski definition) is 5. The summed E-state index contributed by atoms with van der Waals surface area (Å²) in [6.07, 6.45) is 3.83. The lowest BCUT2D eigenvalue weighted by atomic mass is 9.93. The van der Waals surface area contributed by atoms with Gasteiger partial charge in [-0.05, 0) is 50.9 Å². The number of nitrogens with zero attached hydrogens (tertiary/aromatic N) is 2. The van der Waals surface area contributed by atoms with Crippen molar-refractivity contribution in [2.75, 3.05) is 26.7 Å². The molecule has 3 rings (SSSR count). The van der Waals surface area contributed by atoms with Crippen LogP contribution in [0.25, 0.3) is 9.88 Å². The molecule has 2 aromatic rings. The Balaban J connectivity index is 0.00000169. The van der Waals surface area contributed by atoms with Crippen LogP contribution in [0.1, 0.15) is 25.0 Å². The first kappa shape index (κ1) is 23.7. The van der Waals surface area contributed by atoms with E-state index in [2.05, 4.69) is 10.3 Å². The molecular formula is C17H24Cl3N3OS2. The highest BCUT2D eigenvalue weighted by molar-refractivity contribution is 7.23. The molecule has 2 aromatic heterocycles. The Morgan fingerprint density at radius 2 is 2.08 bits per heavy atom. The van der Waals surface area contributed by atoms with Crippen LogP contribution in [0.3, 0.4) is 0 Å². The number of thiazole rings is 1. The number of amides is 1. The number of thiophene rings is 1. The van der Waals surface area contributed by atoms with Gasteiger partial charge in [-0.1, -0.05) is 11.6 Å². The van der Waals surface area contributed by atoms with Gasteiger partial charge >= 0.3 is 0 Å². The number of hydrogen-bond donors (Lipinski definition) is 1. The zero-order valence-electron chi connectivity index (χ0n) is 14.6. The summed E-state index contributed by atoms with van der Waals surface area (Å²) in [6.45, 7) is 2.82. The number of nitrogens with one attached hydrogen (secondary N) is 1. The summed E-state index contributed by atoms with van der Waals surface area (Å²) < 4.78 is 0.763. The first-order valence-corrected chi connectivity index (χ1v) is 10.4. The Morgan fingerprint density at radius 1 is 1.35 bits per heavy atom. The van der Waals surface area contributed by atoms with Crippen molar-refractivity contribution in [3.8, 4) is 9.88 Å². The molecule has 146 valence electrons. The fourth-order valence-corrected chi connectivity index (χ4v) is 4.95. The number of rotatable bonds is 6. The summed E-state index contributed by atoms with van der Waals surface area (Å²) in [5.74, 6) is 0.944. The molecule has 26 heavy (non-hydrogen) atoms. The number of piperidine rings is 1.